The summed E-state index contributed by atoms with van der Waals surface area (Å²) >= 11 is 0. The highest BCUT2D eigenvalue weighted by Gasteiger charge is 2.05. The average Bonchev–Trinajstić information content (AvgIpc) is 2.70. The van der Waals surface area contributed by atoms with Crippen LogP contribution in [0.5, 0.6) is 0 Å². The summed E-state index contributed by atoms with van der Waals surface area (Å²) in [5.41, 5.74) is 1.99. The van der Waals surface area contributed by atoms with Gasteiger partial charge in [-0.1, -0.05) is 26.3 Å². The van der Waals surface area contributed by atoms with Gasteiger partial charge in [-0.25, -0.2) is 4.52 Å². The number of hydrogen-bond donors (Lipinski definition) is 1. The van der Waals surface area contributed by atoms with Crippen molar-refractivity contribution in [3.05, 3.63) is 23.9 Å². The van der Waals surface area contributed by atoms with Crippen LogP contribution in [0.2, 0.25) is 0 Å². The summed E-state index contributed by atoms with van der Waals surface area (Å²) in [7, 11) is 0. The Kier molecular flexibility index (Phi) is 3.08. The molecule has 1 N–H and O–H groups in total. The number of hydrogen-bond acceptors (Lipinski definition) is 3. The second kappa shape index (κ2) is 4.51. The molecular formula is C12H18N4. The van der Waals surface area contributed by atoms with Crippen LogP contribution in [0.1, 0.15) is 26.0 Å². The minimum absolute atomic E-state index is 0.646. The fourth-order valence-electron chi connectivity index (χ4n) is 1.52. The molecule has 16 heavy (non-hydrogen) atoms. The molecule has 0 saturated heterocycles. The van der Waals surface area contributed by atoms with E-state index in [9.17, 15) is 0 Å². The zero-order valence-corrected chi connectivity index (χ0v) is 10.1. The largest absolute Gasteiger partial charge is 0.353 e. The number of rotatable bonds is 4. The summed E-state index contributed by atoms with van der Waals surface area (Å²) in [6.45, 7) is 7.36. The monoisotopic (exact) mass is 218 g/mol. The van der Waals surface area contributed by atoms with E-state index in [4.69, 9.17) is 0 Å². The predicted octanol–water partition coefficient (Wildman–Crippen LogP) is 2.50. The van der Waals surface area contributed by atoms with E-state index in [0.29, 0.717) is 5.92 Å². The van der Waals surface area contributed by atoms with Gasteiger partial charge in [0.25, 0.3) is 0 Å². The SMILES string of the molecule is CCC(C)CNc1nc2cccc(C)n2n1. The van der Waals surface area contributed by atoms with Crippen molar-refractivity contribution >= 4 is 11.6 Å². The molecule has 0 radical (unpaired) electrons. The number of anilines is 1. The van der Waals surface area contributed by atoms with Crippen molar-refractivity contribution in [2.45, 2.75) is 27.2 Å². The molecule has 2 aromatic rings. The molecule has 0 aliphatic carbocycles. The Balaban J connectivity index is 2.17. The van der Waals surface area contributed by atoms with Crippen LogP contribution in [0.15, 0.2) is 18.2 Å². The highest BCUT2D eigenvalue weighted by Crippen LogP contribution is 2.09. The van der Waals surface area contributed by atoms with Crippen molar-refractivity contribution in [1.82, 2.24) is 14.6 Å². The molecule has 86 valence electrons. The van der Waals surface area contributed by atoms with Crippen LogP contribution in [-0.2, 0) is 0 Å². The van der Waals surface area contributed by atoms with Gasteiger partial charge in [0.15, 0.2) is 5.65 Å². The first kappa shape index (κ1) is 10.9. The molecule has 0 spiro atoms. The third-order valence-electron chi connectivity index (χ3n) is 2.85. The molecule has 4 nitrogen and oxygen atoms in total. The van der Waals surface area contributed by atoms with Crippen molar-refractivity contribution < 1.29 is 0 Å². The standard InChI is InChI=1S/C12H18N4/c1-4-9(2)8-13-12-14-11-7-5-6-10(3)16(11)15-12/h5-7,9H,4,8H2,1-3H3,(H,13,15). The van der Waals surface area contributed by atoms with Gasteiger partial charge in [0, 0.05) is 12.2 Å². The molecule has 0 amide bonds. The van der Waals surface area contributed by atoms with Crippen molar-refractivity contribution in [2.75, 3.05) is 11.9 Å². The fraction of sp³-hybridized carbons (Fsp3) is 0.500. The first-order chi connectivity index (χ1) is 7.70. The van der Waals surface area contributed by atoms with E-state index in [1.165, 1.54) is 6.42 Å². The maximum absolute atomic E-state index is 4.42. The summed E-state index contributed by atoms with van der Waals surface area (Å²) in [6.07, 6.45) is 1.17. The summed E-state index contributed by atoms with van der Waals surface area (Å²) < 4.78 is 1.86. The second-order valence-corrected chi connectivity index (χ2v) is 4.27. The highest BCUT2D eigenvalue weighted by atomic mass is 15.3. The summed E-state index contributed by atoms with van der Waals surface area (Å²) in [5.74, 6) is 1.36. The van der Waals surface area contributed by atoms with Crippen molar-refractivity contribution in [1.29, 1.82) is 0 Å². The van der Waals surface area contributed by atoms with E-state index < -0.39 is 0 Å². The maximum atomic E-state index is 4.42. The molecule has 4 heteroatoms. The Morgan fingerprint density at radius 1 is 1.44 bits per heavy atom. The molecule has 0 aliphatic heterocycles. The van der Waals surface area contributed by atoms with Crippen LogP contribution in [-0.4, -0.2) is 21.1 Å². The van der Waals surface area contributed by atoms with Gasteiger partial charge in [-0.3, -0.25) is 0 Å². The van der Waals surface area contributed by atoms with E-state index in [1.54, 1.807) is 0 Å². The van der Waals surface area contributed by atoms with E-state index in [-0.39, 0.29) is 0 Å². The predicted molar refractivity (Wildman–Crippen MR) is 65.7 cm³/mol. The van der Waals surface area contributed by atoms with Crippen molar-refractivity contribution in [2.24, 2.45) is 5.92 Å². The molecule has 1 unspecified atom stereocenters. The van der Waals surface area contributed by atoms with Gasteiger partial charge < -0.3 is 5.32 Å². The lowest BCUT2D eigenvalue weighted by Crippen LogP contribution is -2.11. The number of aromatic nitrogens is 3. The molecule has 0 fully saturated rings. The van der Waals surface area contributed by atoms with Crippen LogP contribution in [0.3, 0.4) is 0 Å². The molecule has 2 rings (SSSR count). The normalized spacial score (nSPS) is 12.9. The lowest BCUT2D eigenvalue weighted by molar-refractivity contribution is 0.591. The van der Waals surface area contributed by atoms with Gasteiger partial charge in [0.2, 0.25) is 5.95 Å². The van der Waals surface area contributed by atoms with Crippen LogP contribution >= 0.6 is 0 Å². The molecule has 0 aromatic carbocycles. The third kappa shape index (κ3) is 2.15. The van der Waals surface area contributed by atoms with Gasteiger partial charge in [-0.2, -0.15) is 4.98 Å². The van der Waals surface area contributed by atoms with Crippen LogP contribution in [0, 0.1) is 12.8 Å². The van der Waals surface area contributed by atoms with Crippen LogP contribution in [0.25, 0.3) is 5.65 Å². The van der Waals surface area contributed by atoms with Crippen molar-refractivity contribution in [3.8, 4) is 0 Å². The molecular weight excluding hydrogens is 200 g/mol. The molecule has 1 atom stereocenters. The second-order valence-electron chi connectivity index (χ2n) is 4.27. The number of aryl methyl sites for hydroxylation is 1. The number of nitrogens with one attached hydrogen (secondary N) is 1. The maximum Gasteiger partial charge on any atom is 0.243 e. The third-order valence-corrected chi connectivity index (χ3v) is 2.85. The smallest absolute Gasteiger partial charge is 0.243 e. The van der Waals surface area contributed by atoms with Gasteiger partial charge in [-0.05, 0) is 25.0 Å². The van der Waals surface area contributed by atoms with Crippen molar-refractivity contribution in [3.63, 3.8) is 0 Å². The molecule has 0 saturated carbocycles. The first-order valence-corrected chi connectivity index (χ1v) is 5.77. The van der Waals surface area contributed by atoms with Gasteiger partial charge in [0.05, 0.1) is 0 Å². The van der Waals surface area contributed by atoms with E-state index in [2.05, 4.69) is 29.2 Å². The van der Waals surface area contributed by atoms with E-state index in [1.807, 2.05) is 29.6 Å². The zero-order chi connectivity index (χ0) is 11.5. The zero-order valence-electron chi connectivity index (χ0n) is 10.1. The summed E-state index contributed by atoms with van der Waals surface area (Å²) in [4.78, 5) is 4.42. The minimum Gasteiger partial charge on any atom is -0.353 e. The molecule has 2 heterocycles. The lowest BCUT2D eigenvalue weighted by atomic mass is 10.1. The Hall–Kier alpha value is -1.58. The van der Waals surface area contributed by atoms with Crippen LogP contribution in [0.4, 0.5) is 5.95 Å². The Morgan fingerprint density at radius 2 is 2.25 bits per heavy atom. The van der Waals surface area contributed by atoms with Crippen LogP contribution < -0.4 is 5.32 Å². The lowest BCUT2D eigenvalue weighted by Gasteiger charge is -2.07. The molecule has 0 aliphatic rings. The Labute approximate surface area is 95.7 Å². The Bertz CT molecular complexity index is 475. The Morgan fingerprint density at radius 3 is 2.94 bits per heavy atom. The average molecular weight is 218 g/mol. The topological polar surface area (TPSA) is 42.2 Å². The summed E-state index contributed by atoms with van der Waals surface area (Å²) in [5, 5.41) is 7.68. The fourth-order valence-corrected chi connectivity index (χ4v) is 1.52. The highest BCUT2D eigenvalue weighted by molar-refractivity contribution is 5.44. The van der Waals surface area contributed by atoms with Gasteiger partial charge >= 0.3 is 0 Å². The quantitative estimate of drug-likeness (QED) is 0.857. The van der Waals surface area contributed by atoms with E-state index in [0.717, 1.165) is 23.8 Å². The van der Waals surface area contributed by atoms with Gasteiger partial charge in [0.1, 0.15) is 0 Å². The van der Waals surface area contributed by atoms with E-state index >= 15 is 0 Å². The van der Waals surface area contributed by atoms with Gasteiger partial charge in [-0.15, -0.1) is 5.10 Å². The number of pyridine rings is 1. The number of nitrogens with zero attached hydrogens (tertiary/aromatic N) is 3. The molecule has 2 aromatic heterocycles. The first-order valence-electron chi connectivity index (χ1n) is 5.77. The molecule has 0 bridgehead atoms. The minimum atomic E-state index is 0.646. The summed E-state index contributed by atoms with van der Waals surface area (Å²) in [6, 6.07) is 5.99. The number of fused-ring (bicyclic) bond motifs is 1.